The molecule has 2 aromatic rings. The summed E-state index contributed by atoms with van der Waals surface area (Å²) in [5.74, 6) is -1.08. The van der Waals surface area contributed by atoms with Gasteiger partial charge in [-0.1, -0.05) is 60.7 Å². The number of aliphatic carboxylic acids is 1. The fourth-order valence-electron chi connectivity index (χ4n) is 1.26. The Labute approximate surface area is 121 Å². The van der Waals surface area contributed by atoms with Gasteiger partial charge in [-0.15, -0.1) is 0 Å². The zero-order chi connectivity index (χ0) is 11.8. The molecule has 0 spiro atoms. The van der Waals surface area contributed by atoms with E-state index in [4.69, 9.17) is 9.90 Å². The number of carboxylic acid groups (broad SMARTS) is 1. The maximum absolute atomic E-state index is 8.89. The summed E-state index contributed by atoms with van der Waals surface area (Å²) in [5, 5.41) is 8.89. The summed E-state index contributed by atoms with van der Waals surface area (Å²) < 4.78 is 0. The number of carbonyl (C=O) groups is 1. The van der Waals surface area contributed by atoms with Crippen LogP contribution in [0.15, 0.2) is 60.7 Å². The minimum Gasteiger partial charge on any atom is -0.550 e. The minimum atomic E-state index is -1.08. The van der Waals surface area contributed by atoms with Gasteiger partial charge in [0, 0.05) is 33.3 Å². The Hall–Kier alpha value is -1.17. The Balaban J connectivity index is 0.000000453. The van der Waals surface area contributed by atoms with Crippen LogP contribution in [0.25, 0.3) is 11.1 Å². The van der Waals surface area contributed by atoms with Crippen molar-refractivity contribution in [3.05, 3.63) is 60.7 Å². The molecule has 0 saturated carbocycles. The molecule has 17 heavy (non-hydrogen) atoms. The monoisotopic (exact) mass is 421 g/mol. The van der Waals surface area contributed by atoms with Gasteiger partial charge in [-0.2, -0.15) is 0 Å². The molecule has 0 aromatic heterocycles. The fourth-order valence-corrected chi connectivity index (χ4v) is 1.26. The van der Waals surface area contributed by atoms with Crippen molar-refractivity contribution in [3.8, 4) is 11.1 Å². The average Bonchev–Trinajstić information content (AvgIpc) is 2.31. The third-order valence-electron chi connectivity index (χ3n) is 1.88. The molecule has 2 nitrogen and oxygen atoms in total. The van der Waals surface area contributed by atoms with Gasteiger partial charge in [0.1, 0.15) is 0 Å². The van der Waals surface area contributed by atoms with Crippen molar-refractivity contribution in [3.63, 3.8) is 0 Å². The summed E-state index contributed by atoms with van der Waals surface area (Å²) in [6.45, 7) is 0.972. The van der Waals surface area contributed by atoms with Gasteiger partial charge < -0.3 is 9.90 Å². The smallest absolute Gasteiger partial charge is 0.0383 e. The number of hydrogen-bond acceptors (Lipinski definition) is 2. The first-order chi connectivity index (χ1) is 7.70. The van der Waals surface area contributed by atoms with Gasteiger partial charge in [0.2, 0.25) is 0 Å². The topological polar surface area (TPSA) is 40.1 Å². The van der Waals surface area contributed by atoms with E-state index in [0.717, 1.165) is 6.92 Å². The van der Waals surface area contributed by atoms with Crippen LogP contribution in [-0.2, 0) is 4.79 Å². The van der Waals surface area contributed by atoms with Crippen molar-refractivity contribution >= 4 is 33.3 Å². The molecule has 0 saturated heterocycles. The second-order valence-corrected chi connectivity index (χ2v) is 3.22. The summed E-state index contributed by atoms with van der Waals surface area (Å²) in [4.78, 5) is 8.89. The van der Waals surface area contributed by atoms with Crippen LogP contribution in [-0.4, -0.2) is 33.3 Å². The summed E-state index contributed by atoms with van der Waals surface area (Å²) in [6.07, 6.45) is 0. The van der Waals surface area contributed by atoms with Gasteiger partial charge in [-0.25, -0.2) is 0 Å². The first kappa shape index (κ1) is 15.8. The minimum absolute atomic E-state index is 0. The summed E-state index contributed by atoms with van der Waals surface area (Å²) in [5.41, 5.74) is 2.55. The quantitative estimate of drug-likeness (QED) is 0.660. The second-order valence-electron chi connectivity index (χ2n) is 3.22. The van der Waals surface area contributed by atoms with Crippen LogP contribution in [0.3, 0.4) is 0 Å². The molecule has 0 aliphatic carbocycles. The molecule has 4 radical (unpaired) electrons. The Morgan fingerprint density at radius 3 is 1.29 bits per heavy atom. The molecule has 3 heteroatoms. The molecular formula is C14H13O2Pb-. The van der Waals surface area contributed by atoms with Crippen LogP contribution >= 0.6 is 0 Å². The maximum atomic E-state index is 8.89. The van der Waals surface area contributed by atoms with E-state index in [1.54, 1.807) is 0 Å². The van der Waals surface area contributed by atoms with Crippen molar-refractivity contribution in [2.75, 3.05) is 0 Å². The largest absolute Gasteiger partial charge is 0.550 e. The number of hydrogen-bond donors (Lipinski definition) is 0. The first-order valence-corrected chi connectivity index (χ1v) is 4.98. The second kappa shape index (κ2) is 8.92. The molecule has 86 valence electrons. The molecule has 0 heterocycles. The van der Waals surface area contributed by atoms with Crippen LogP contribution in [0.1, 0.15) is 6.92 Å². The van der Waals surface area contributed by atoms with Crippen LogP contribution in [0.2, 0.25) is 0 Å². The van der Waals surface area contributed by atoms with Gasteiger partial charge in [-0.05, 0) is 18.1 Å². The van der Waals surface area contributed by atoms with E-state index in [0.29, 0.717) is 0 Å². The van der Waals surface area contributed by atoms with E-state index in [-0.39, 0.29) is 27.3 Å². The Kier molecular flexibility index (Phi) is 8.31. The average molecular weight is 420 g/mol. The molecule has 0 amide bonds. The Morgan fingerprint density at radius 2 is 1.06 bits per heavy atom. The van der Waals surface area contributed by atoms with Crippen LogP contribution in [0.5, 0.6) is 0 Å². The van der Waals surface area contributed by atoms with Gasteiger partial charge in [0.25, 0.3) is 0 Å². The molecule has 0 bridgehead atoms. The van der Waals surface area contributed by atoms with Crippen molar-refractivity contribution in [1.82, 2.24) is 0 Å². The van der Waals surface area contributed by atoms with Crippen LogP contribution in [0, 0.1) is 0 Å². The van der Waals surface area contributed by atoms with Crippen molar-refractivity contribution in [2.24, 2.45) is 0 Å². The standard InChI is InChI=1S/C12H10.C2H4O2.Pb/c1-3-7-11(8-4-1)12-9-5-2-6-10-12;1-2(3)4;/h1-10H;1H3,(H,3,4);/p-1. The predicted molar refractivity (Wildman–Crippen MR) is 68.3 cm³/mol. The molecular weight excluding hydrogens is 407 g/mol. The maximum Gasteiger partial charge on any atom is 0.0383 e. The van der Waals surface area contributed by atoms with Crippen molar-refractivity contribution < 1.29 is 9.90 Å². The first-order valence-electron chi connectivity index (χ1n) is 4.98. The normalized spacial score (nSPS) is 8.29. The van der Waals surface area contributed by atoms with E-state index in [9.17, 15) is 0 Å². The SMILES string of the molecule is CC(=O)[O-].[Pb].c1ccc(-c2ccccc2)cc1. The van der Waals surface area contributed by atoms with Crippen LogP contribution < -0.4 is 5.11 Å². The number of carboxylic acids is 1. The van der Waals surface area contributed by atoms with Crippen LogP contribution in [0.4, 0.5) is 0 Å². The third kappa shape index (κ3) is 6.89. The Morgan fingerprint density at radius 1 is 0.824 bits per heavy atom. The zero-order valence-electron chi connectivity index (χ0n) is 9.59. The molecule has 2 rings (SSSR count). The van der Waals surface area contributed by atoms with Gasteiger partial charge >= 0.3 is 0 Å². The van der Waals surface area contributed by atoms with Gasteiger partial charge in [0.15, 0.2) is 0 Å². The van der Waals surface area contributed by atoms with E-state index in [2.05, 4.69) is 48.5 Å². The fraction of sp³-hybridized carbons (Fsp3) is 0.0714. The molecule has 2 aromatic carbocycles. The van der Waals surface area contributed by atoms with E-state index >= 15 is 0 Å². The van der Waals surface area contributed by atoms with E-state index < -0.39 is 5.97 Å². The van der Waals surface area contributed by atoms with E-state index in [1.165, 1.54) is 11.1 Å². The molecule has 0 atom stereocenters. The van der Waals surface area contributed by atoms with Crippen molar-refractivity contribution in [2.45, 2.75) is 6.92 Å². The van der Waals surface area contributed by atoms with E-state index in [1.807, 2.05) is 12.1 Å². The number of benzene rings is 2. The third-order valence-corrected chi connectivity index (χ3v) is 1.88. The summed E-state index contributed by atoms with van der Waals surface area (Å²) in [6, 6.07) is 20.8. The molecule has 0 unspecified atom stereocenters. The molecule has 0 fully saturated rings. The summed E-state index contributed by atoms with van der Waals surface area (Å²) in [7, 11) is 0. The molecule has 0 aliphatic heterocycles. The molecule has 0 aliphatic rings. The Bertz CT molecular complexity index is 385. The van der Waals surface area contributed by atoms with Gasteiger partial charge in [-0.3, -0.25) is 0 Å². The zero-order valence-corrected chi connectivity index (χ0v) is 13.5. The molecule has 0 N–H and O–H groups in total. The van der Waals surface area contributed by atoms with Crippen molar-refractivity contribution in [1.29, 1.82) is 0 Å². The summed E-state index contributed by atoms with van der Waals surface area (Å²) >= 11 is 0. The predicted octanol–water partition coefficient (Wildman–Crippen LogP) is 1.73. The van der Waals surface area contributed by atoms with Gasteiger partial charge in [0.05, 0.1) is 0 Å². The number of rotatable bonds is 1. The number of carbonyl (C=O) groups excluding carboxylic acids is 1.